The maximum atomic E-state index is 13.2. The van der Waals surface area contributed by atoms with Gasteiger partial charge in [-0.25, -0.2) is 0 Å². The van der Waals surface area contributed by atoms with E-state index >= 15 is 0 Å². The molecule has 0 aliphatic heterocycles. The number of unbranched alkanes of at least 4 members (excludes halogenated alkanes) is 24. The van der Waals surface area contributed by atoms with Crippen molar-refractivity contribution < 1.29 is 43.9 Å². The highest BCUT2D eigenvalue weighted by molar-refractivity contribution is 5.73. The van der Waals surface area contributed by atoms with Crippen LogP contribution in [0.5, 0.6) is 0 Å². The summed E-state index contributed by atoms with van der Waals surface area (Å²) in [7, 11) is 0. The third-order valence-corrected chi connectivity index (χ3v) is 11.8. The zero-order chi connectivity index (χ0) is 49.4. The number of carbonyl (C=O) groups is 3. The van der Waals surface area contributed by atoms with Crippen LogP contribution in [0.25, 0.3) is 0 Å². The highest BCUT2D eigenvalue weighted by Gasteiger charge is 2.63. The molecule has 0 fully saturated rings. The predicted octanol–water partition coefficient (Wildman–Crippen LogP) is 15.8. The van der Waals surface area contributed by atoms with Crippen molar-refractivity contribution in [2.75, 3.05) is 0 Å². The molecule has 1 atom stereocenters. The van der Waals surface area contributed by atoms with Crippen molar-refractivity contribution in [1.29, 1.82) is 0 Å². The summed E-state index contributed by atoms with van der Waals surface area (Å²) in [5, 5.41) is 32.0. The third kappa shape index (κ3) is 39.3. The Morgan fingerprint density at radius 3 is 0.910 bits per heavy atom. The first kappa shape index (κ1) is 63.7. The summed E-state index contributed by atoms with van der Waals surface area (Å²) >= 11 is 0. The van der Waals surface area contributed by atoms with Crippen LogP contribution >= 0.6 is 0 Å². The van der Waals surface area contributed by atoms with Crippen LogP contribution in [0.4, 0.5) is 0 Å². The van der Waals surface area contributed by atoms with E-state index in [1.165, 1.54) is 64.7 Å². The molecule has 0 aromatic rings. The van der Waals surface area contributed by atoms with E-state index in [2.05, 4.69) is 93.7 Å². The number of carbonyl (C=O) groups excluding carboxylic acids is 3. The van der Waals surface area contributed by atoms with E-state index < -0.39 is 35.8 Å². The normalized spacial score (nSPS) is 13.1. The van der Waals surface area contributed by atoms with Crippen LogP contribution in [0, 0.1) is 0 Å². The number of hydrogen-bond donors (Lipinski definition) is 3. The van der Waals surface area contributed by atoms with Crippen molar-refractivity contribution in [3.8, 4) is 0 Å². The van der Waals surface area contributed by atoms with Crippen LogP contribution in [0.2, 0.25) is 0 Å². The van der Waals surface area contributed by atoms with Gasteiger partial charge in [0.2, 0.25) is 0 Å². The van der Waals surface area contributed by atoms with E-state index in [-0.39, 0.29) is 19.3 Å². The molecule has 3 N–H and O–H groups in total. The van der Waals surface area contributed by atoms with Crippen molar-refractivity contribution in [3.63, 3.8) is 0 Å². The zero-order valence-corrected chi connectivity index (χ0v) is 43.3. The first-order valence-electron chi connectivity index (χ1n) is 27.2. The van der Waals surface area contributed by atoms with Crippen molar-refractivity contribution >= 4 is 17.9 Å². The molecule has 0 amide bonds. The maximum Gasteiger partial charge on any atom is 0.376 e. The Balaban J connectivity index is 5.10. The topological polar surface area (TPSA) is 140 Å². The fourth-order valence-electron chi connectivity index (χ4n) is 7.61. The van der Waals surface area contributed by atoms with Gasteiger partial charge in [-0.05, 0) is 122 Å². The predicted molar refractivity (Wildman–Crippen MR) is 278 cm³/mol. The maximum absolute atomic E-state index is 13.2. The van der Waals surface area contributed by atoms with E-state index in [9.17, 15) is 29.7 Å². The molecule has 1 unspecified atom stereocenters. The Hall–Kier alpha value is -3.27. The van der Waals surface area contributed by atoms with Gasteiger partial charge in [-0.15, -0.1) is 0 Å². The molecule has 0 saturated heterocycles. The van der Waals surface area contributed by atoms with E-state index in [0.29, 0.717) is 19.3 Å². The van der Waals surface area contributed by atoms with Crippen molar-refractivity contribution in [2.45, 2.75) is 277 Å². The van der Waals surface area contributed by atoms with E-state index in [0.717, 1.165) is 135 Å². The molecular formula is C58H100O9. The Bertz CT molecular complexity index is 1290. The Labute approximate surface area is 410 Å². The summed E-state index contributed by atoms with van der Waals surface area (Å²) in [6.45, 7) is 7.87. The molecule has 0 rings (SSSR count). The lowest BCUT2D eigenvalue weighted by Crippen LogP contribution is -2.66. The molecule has 0 aromatic heterocycles. The molecule has 9 heteroatoms. The lowest BCUT2D eigenvalue weighted by Gasteiger charge is -2.41. The molecule has 0 spiro atoms. The second-order valence-corrected chi connectivity index (χ2v) is 18.3. The van der Waals surface area contributed by atoms with Gasteiger partial charge < -0.3 is 29.5 Å². The van der Waals surface area contributed by atoms with Gasteiger partial charge >= 0.3 is 29.7 Å². The number of aliphatic hydroxyl groups is 3. The Morgan fingerprint density at radius 1 is 0.373 bits per heavy atom. The van der Waals surface area contributed by atoms with Gasteiger partial charge in [0.15, 0.2) is 6.10 Å². The first-order chi connectivity index (χ1) is 32.5. The molecular weight excluding hydrogens is 841 g/mol. The van der Waals surface area contributed by atoms with Crippen LogP contribution in [0.15, 0.2) is 72.9 Å². The smallest absolute Gasteiger partial charge is 0.376 e. The highest BCUT2D eigenvalue weighted by atomic mass is 16.8. The molecule has 0 aliphatic rings. The van der Waals surface area contributed by atoms with Crippen LogP contribution in [0.1, 0.15) is 259 Å². The van der Waals surface area contributed by atoms with Crippen LogP contribution < -0.4 is 0 Å². The van der Waals surface area contributed by atoms with Gasteiger partial charge in [0.1, 0.15) is 0 Å². The Kier molecular flexibility index (Phi) is 44.2. The van der Waals surface area contributed by atoms with Gasteiger partial charge in [0.25, 0.3) is 0 Å². The molecule has 0 saturated carbocycles. The minimum atomic E-state index is -3.85. The first-order valence-corrected chi connectivity index (χ1v) is 27.2. The van der Waals surface area contributed by atoms with Gasteiger partial charge in [0.05, 0.1) is 0 Å². The van der Waals surface area contributed by atoms with Gasteiger partial charge in [-0.3, -0.25) is 14.4 Å². The average Bonchev–Trinajstić information content (AvgIpc) is 3.29. The fourth-order valence-corrected chi connectivity index (χ4v) is 7.61. The van der Waals surface area contributed by atoms with E-state index in [1.54, 1.807) is 0 Å². The van der Waals surface area contributed by atoms with Crippen LogP contribution in [-0.4, -0.2) is 51.1 Å². The van der Waals surface area contributed by atoms with Crippen molar-refractivity contribution in [2.24, 2.45) is 0 Å². The number of hydrogen-bond acceptors (Lipinski definition) is 9. The standard InChI is InChI=1S/C58H100O9/c1-5-8-11-14-17-20-23-26-29-32-35-38-41-44-47-50-54(59)65-53(4)57(58(62,63)64,66-55(60)51-48-45-42-39-36-33-30-27-24-21-18-15-12-9-6-2)67-56(61)52-49-46-43-40-37-34-31-28-25-22-19-16-13-10-7-3/h17-22,26-31,53,62-64H,5-16,23-25,32-52H2,1-4H3/b20-17-,21-18-,22-19-,29-26-,30-27-,31-28-. The molecule has 0 radical (unpaired) electrons. The summed E-state index contributed by atoms with van der Waals surface area (Å²) in [5.41, 5.74) is 0. The molecule has 0 bridgehead atoms. The van der Waals surface area contributed by atoms with Gasteiger partial charge in [-0.2, -0.15) is 0 Å². The largest absolute Gasteiger partial charge is 0.454 e. The minimum absolute atomic E-state index is 0.0278. The minimum Gasteiger partial charge on any atom is -0.454 e. The zero-order valence-electron chi connectivity index (χ0n) is 43.3. The number of allylic oxidation sites excluding steroid dienone is 12. The molecule has 9 nitrogen and oxygen atoms in total. The summed E-state index contributed by atoms with van der Waals surface area (Å²) in [6.07, 6.45) is 58.0. The quantitative estimate of drug-likeness (QED) is 0.0235. The lowest BCUT2D eigenvalue weighted by molar-refractivity contribution is -0.460. The number of esters is 3. The number of ether oxygens (including phenoxy) is 3. The second-order valence-electron chi connectivity index (χ2n) is 18.3. The van der Waals surface area contributed by atoms with E-state index in [4.69, 9.17) is 14.2 Å². The van der Waals surface area contributed by atoms with Crippen LogP contribution in [0.3, 0.4) is 0 Å². The lowest BCUT2D eigenvalue weighted by atomic mass is 10.1. The molecule has 0 aromatic carbocycles. The molecule has 0 heterocycles. The fraction of sp³-hybridized carbons (Fsp3) is 0.741. The SMILES string of the molecule is CCCCC/C=C\C/C=C\CCCCCCCC(=O)OC(C)C(OC(=O)CCCCCCC/C=C\C/C=C\CCCCC)(OC(=O)CCCCCCC/C=C\C/C=C\CCCCC)C(O)(O)O. The molecule has 386 valence electrons. The average molecular weight is 941 g/mol. The Morgan fingerprint density at radius 2 is 0.627 bits per heavy atom. The van der Waals surface area contributed by atoms with Gasteiger partial charge in [0, 0.05) is 19.3 Å². The summed E-state index contributed by atoms with van der Waals surface area (Å²) in [5.74, 6) is -9.44. The van der Waals surface area contributed by atoms with Gasteiger partial charge in [-0.1, -0.05) is 190 Å². The highest BCUT2D eigenvalue weighted by Crippen LogP contribution is 2.33. The summed E-state index contributed by atoms with van der Waals surface area (Å²) in [4.78, 5) is 39.5. The van der Waals surface area contributed by atoms with E-state index in [1.807, 2.05) is 0 Å². The monoisotopic (exact) mass is 941 g/mol. The molecule has 0 aliphatic carbocycles. The van der Waals surface area contributed by atoms with Crippen molar-refractivity contribution in [1.82, 2.24) is 0 Å². The van der Waals surface area contributed by atoms with Crippen molar-refractivity contribution in [3.05, 3.63) is 72.9 Å². The summed E-state index contributed by atoms with van der Waals surface area (Å²) < 4.78 is 16.5. The third-order valence-electron chi connectivity index (χ3n) is 11.8. The second kappa shape index (κ2) is 46.5. The molecule has 67 heavy (non-hydrogen) atoms. The summed E-state index contributed by atoms with van der Waals surface area (Å²) in [6, 6.07) is 0. The van der Waals surface area contributed by atoms with Crippen LogP contribution in [-0.2, 0) is 28.6 Å². The number of rotatable bonds is 47.